The highest BCUT2D eigenvalue weighted by Gasteiger charge is 1.78. The van der Waals surface area contributed by atoms with Gasteiger partial charge in [0.2, 0.25) is 0 Å². The minimum Gasteiger partial charge on any atom is -0.0917 e. The average molecular weight is 97.2 g/mol. The zero-order valence-corrected chi connectivity index (χ0v) is 4.98. The SMILES string of the molecule is [CH2+]CCC/C=C\C. The summed E-state index contributed by atoms with van der Waals surface area (Å²) in [5.74, 6) is 0. The van der Waals surface area contributed by atoms with E-state index in [0.29, 0.717) is 0 Å². The van der Waals surface area contributed by atoms with Crippen molar-refractivity contribution >= 4 is 0 Å². The smallest absolute Gasteiger partial charge is 0.0853 e. The molecule has 40 valence electrons. The van der Waals surface area contributed by atoms with Crippen molar-refractivity contribution in [2.45, 2.75) is 26.2 Å². The van der Waals surface area contributed by atoms with Crippen LogP contribution in [0, 0.1) is 6.92 Å². The van der Waals surface area contributed by atoms with E-state index in [9.17, 15) is 0 Å². The maximum absolute atomic E-state index is 3.72. The minimum absolute atomic E-state index is 1.06. The van der Waals surface area contributed by atoms with E-state index in [1.54, 1.807) is 0 Å². The van der Waals surface area contributed by atoms with Gasteiger partial charge in [-0.2, -0.15) is 0 Å². The van der Waals surface area contributed by atoms with E-state index in [-0.39, 0.29) is 0 Å². The third kappa shape index (κ3) is 5.61. The molecule has 7 heavy (non-hydrogen) atoms. The fraction of sp³-hybridized carbons (Fsp3) is 0.571. The van der Waals surface area contributed by atoms with Crippen molar-refractivity contribution in [3.63, 3.8) is 0 Å². The van der Waals surface area contributed by atoms with Gasteiger partial charge in [-0.05, 0) is 19.8 Å². The number of hydrogen-bond donors (Lipinski definition) is 0. The van der Waals surface area contributed by atoms with Gasteiger partial charge in [-0.25, -0.2) is 0 Å². The summed E-state index contributed by atoms with van der Waals surface area (Å²) in [6.45, 7) is 5.77. The second-order valence-corrected chi connectivity index (χ2v) is 1.56. The normalized spacial score (nSPS) is 10.4. The Balaban J connectivity index is 2.69. The second-order valence-electron chi connectivity index (χ2n) is 1.56. The molecule has 0 radical (unpaired) electrons. The predicted molar refractivity (Wildman–Crippen MR) is 34.0 cm³/mol. The van der Waals surface area contributed by atoms with Gasteiger partial charge in [0.15, 0.2) is 0 Å². The van der Waals surface area contributed by atoms with Gasteiger partial charge in [0, 0.05) is 0 Å². The van der Waals surface area contributed by atoms with E-state index in [0.717, 1.165) is 6.42 Å². The van der Waals surface area contributed by atoms with Gasteiger partial charge in [-0.15, -0.1) is 0 Å². The summed E-state index contributed by atoms with van der Waals surface area (Å²) in [4.78, 5) is 0. The molecule has 0 aliphatic rings. The Morgan fingerprint density at radius 1 is 1.57 bits per heavy atom. The molecule has 0 aliphatic heterocycles. The maximum atomic E-state index is 3.72. The van der Waals surface area contributed by atoms with Gasteiger partial charge in [0.05, 0.1) is 13.3 Å². The first-order valence-electron chi connectivity index (χ1n) is 2.82. The fourth-order valence-corrected chi connectivity index (χ4v) is 0.429. The lowest BCUT2D eigenvalue weighted by Gasteiger charge is -1.79. The molecule has 0 saturated heterocycles. The maximum Gasteiger partial charge on any atom is 0.0853 e. The summed E-state index contributed by atoms with van der Waals surface area (Å²) in [5, 5.41) is 0. The molecule has 0 bridgehead atoms. The summed E-state index contributed by atoms with van der Waals surface area (Å²) in [5.41, 5.74) is 0. The Bertz CT molecular complexity index is 44.0. The number of rotatable bonds is 3. The lowest BCUT2D eigenvalue weighted by atomic mass is 10.2. The first kappa shape index (κ1) is 6.61. The van der Waals surface area contributed by atoms with Crippen molar-refractivity contribution in [1.29, 1.82) is 0 Å². The van der Waals surface area contributed by atoms with Crippen molar-refractivity contribution in [2.24, 2.45) is 0 Å². The van der Waals surface area contributed by atoms with Crippen molar-refractivity contribution in [1.82, 2.24) is 0 Å². The number of allylic oxidation sites excluding steroid dienone is 2. The Hall–Kier alpha value is -0.390. The first-order valence-corrected chi connectivity index (χ1v) is 2.82. The highest BCUT2D eigenvalue weighted by Crippen LogP contribution is 1.92. The second kappa shape index (κ2) is 5.61. The van der Waals surface area contributed by atoms with Crippen molar-refractivity contribution in [3.05, 3.63) is 19.1 Å². The largest absolute Gasteiger partial charge is 0.0917 e. The lowest BCUT2D eigenvalue weighted by Crippen LogP contribution is -1.64. The van der Waals surface area contributed by atoms with Gasteiger partial charge in [0.1, 0.15) is 0 Å². The Kier molecular flexibility index (Phi) is 5.30. The van der Waals surface area contributed by atoms with E-state index < -0.39 is 0 Å². The van der Waals surface area contributed by atoms with Crippen LogP contribution < -0.4 is 0 Å². The van der Waals surface area contributed by atoms with E-state index in [2.05, 4.69) is 19.1 Å². The molecule has 0 atom stereocenters. The summed E-state index contributed by atoms with van der Waals surface area (Å²) in [6, 6.07) is 0. The zero-order chi connectivity index (χ0) is 5.54. The number of hydrogen-bond acceptors (Lipinski definition) is 0. The van der Waals surface area contributed by atoms with Gasteiger partial charge in [-0.3, -0.25) is 0 Å². The van der Waals surface area contributed by atoms with Crippen molar-refractivity contribution < 1.29 is 0 Å². The molecule has 0 N–H and O–H groups in total. The van der Waals surface area contributed by atoms with E-state index in [4.69, 9.17) is 0 Å². The molecular weight excluding hydrogens is 84.1 g/mol. The van der Waals surface area contributed by atoms with E-state index >= 15 is 0 Å². The highest BCUT2D eigenvalue weighted by molar-refractivity contribution is 4.76. The minimum atomic E-state index is 1.06. The number of unbranched alkanes of at least 4 members (excludes halogenated alkanes) is 2. The van der Waals surface area contributed by atoms with Crippen LogP contribution in [0.25, 0.3) is 0 Å². The zero-order valence-electron chi connectivity index (χ0n) is 4.98. The Morgan fingerprint density at radius 3 is 2.71 bits per heavy atom. The standard InChI is InChI=1S/C7H13/c1-3-5-7-6-4-2/h4,6H,1,3,5,7H2,2H3/q+1/b6-4-. The summed E-state index contributed by atoms with van der Waals surface area (Å²) >= 11 is 0. The lowest BCUT2D eigenvalue weighted by molar-refractivity contribution is 0.865. The highest BCUT2D eigenvalue weighted by atomic mass is 13.8. The quantitative estimate of drug-likeness (QED) is 0.288. The van der Waals surface area contributed by atoms with Crippen LogP contribution in [-0.4, -0.2) is 0 Å². The van der Waals surface area contributed by atoms with Crippen LogP contribution in [-0.2, 0) is 0 Å². The molecule has 0 aromatic rings. The van der Waals surface area contributed by atoms with Gasteiger partial charge in [0.25, 0.3) is 0 Å². The van der Waals surface area contributed by atoms with Gasteiger partial charge in [-0.1, -0.05) is 12.2 Å². The fourth-order valence-electron chi connectivity index (χ4n) is 0.429. The molecule has 0 heterocycles. The monoisotopic (exact) mass is 97.1 g/mol. The molecule has 0 aromatic carbocycles. The van der Waals surface area contributed by atoms with Gasteiger partial charge >= 0.3 is 0 Å². The average Bonchev–Trinajstić information content (AvgIpc) is 1.69. The molecule has 0 aliphatic carbocycles. The van der Waals surface area contributed by atoms with Gasteiger partial charge < -0.3 is 0 Å². The molecule has 0 saturated carbocycles. The van der Waals surface area contributed by atoms with Crippen molar-refractivity contribution in [3.8, 4) is 0 Å². The van der Waals surface area contributed by atoms with E-state index in [1.165, 1.54) is 12.8 Å². The van der Waals surface area contributed by atoms with E-state index in [1.807, 2.05) is 6.92 Å². The Labute approximate surface area is 46.2 Å². The van der Waals surface area contributed by atoms with Crippen molar-refractivity contribution in [2.75, 3.05) is 0 Å². The van der Waals surface area contributed by atoms with Crippen LogP contribution >= 0.6 is 0 Å². The molecule has 0 aromatic heterocycles. The summed E-state index contributed by atoms with van der Waals surface area (Å²) < 4.78 is 0. The summed E-state index contributed by atoms with van der Waals surface area (Å²) in [7, 11) is 0. The van der Waals surface area contributed by atoms with Crippen LogP contribution in [0.3, 0.4) is 0 Å². The molecule has 0 fully saturated rings. The molecule has 0 amide bonds. The molecule has 0 heteroatoms. The third-order valence-corrected chi connectivity index (χ3v) is 0.856. The predicted octanol–water partition coefficient (Wildman–Crippen LogP) is 2.57. The van der Waals surface area contributed by atoms with Crippen LogP contribution in [0.4, 0.5) is 0 Å². The summed E-state index contributed by atoms with van der Waals surface area (Å²) in [6.07, 6.45) is 7.73. The molecular formula is C7H13+. The van der Waals surface area contributed by atoms with Crippen LogP contribution in [0.15, 0.2) is 12.2 Å². The molecule has 0 unspecified atom stereocenters. The van der Waals surface area contributed by atoms with Crippen LogP contribution in [0.5, 0.6) is 0 Å². The Morgan fingerprint density at radius 2 is 2.29 bits per heavy atom. The molecule has 0 rings (SSSR count). The van der Waals surface area contributed by atoms with Crippen LogP contribution in [0.1, 0.15) is 26.2 Å². The molecule has 0 spiro atoms. The topological polar surface area (TPSA) is 0 Å². The first-order chi connectivity index (χ1) is 3.41. The third-order valence-electron chi connectivity index (χ3n) is 0.856. The molecule has 0 nitrogen and oxygen atoms in total. The van der Waals surface area contributed by atoms with Crippen LogP contribution in [0.2, 0.25) is 0 Å².